The number of hydrogen-bond acceptors (Lipinski definition) is 4. The fourth-order valence-electron chi connectivity index (χ4n) is 1.38. The van der Waals surface area contributed by atoms with Gasteiger partial charge >= 0.3 is 11.9 Å². The number of aliphatic carboxylic acids is 1. The summed E-state index contributed by atoms with van der Waals surface area (Å²) in [5, 5.41) is 8.77. The number of rotatable bonds is 8. The van der Waals surface area contributed by atoms with Crippen LogP contribution in [0, 0.1) is 0 Å². The van der Waals surface area contributed by atoms with Crippen LogP contribution in [0.4, 0.5) is 0 Å². The zero-order chi connectivity index (χ0) is 13.5. The SMILES string of the molecule is CSCCC(=O)O[C@H](CC(=O)O)C[N+](C)(C)C. The first-order valence-electron chi connectivity index (χ1n) is 5.45. The van der Waals surface area contributed by atoms with E-state index in [1.54, 1.807) is 11.8 Å². The summed E-state index contributed by atoms with van der Waals surface area (Å²) < 4.78 is 5.75. The number of carbonyl (C=O) groups is 2. The van der Waals surface area contributed by atoms with Crippen molar-refractivity contribution in [2.75, 3.05) is 39.7 Å². The largest absolute Gasteiger partial charge is 0.481 e. The highest BCUT2D eigenvalue weighted by Crippen LogP contribution is 2.07. The summed E-state index contributed by atoms with van der Waals surface area (Å²) >= 11 is 1.56. The van der Waals surface area contributed by atoms with Crippen LogP contribution in [-0.4, -0.2) is 67.3 Å². The summed E-state index contributed by atoms with van der Waals surface area (Å²) in [7, 11) is 5.81. The molecule has 0 saturated heterocycles. The van der Waals surface area contributed by atoms with Gasteiger partial charge in [-0.25, -0.2) is 0 Å². The number of esters is 1. The summed E-state index contributed by atoms with van der Waals surface area (Å²) in [5.74, 6) is -0.566. The lowest BCUT2D eigenvalue weighted by molar-refractivity contribution is -0.873. The number of carboxylic acids is 1. The maximum absolute atomic E-state index is 11.4. The summed E-state index contributed by atoms with van der Waals surface area (Å²) in [6, 6.07) is 0. The van der Waals surface area contributed by atoms with Crippen LogP contribution in [0.1, 0.15) is 12.8 Å². The van der Waals surface area contributed by atoms with Crippen LogP contribution >= 0.6 is 11.8 Å². The average molecular weight is 264 g/mol. The predicted octanol–water partition coefficient (Wildman–Crippen LogP) is 0.832. The van der Waals surface area contributed by atoms with Crippen molar-refractivity contribution in [3.63, 3.8) is 0 Å². The molecule has 0 aromatic heterocycles. The molecule has 0 aliphatic rings. The van der Waals surface area contributed by atoms with Gasteiger partial charge in [0.25, 0.3) is 0 Å². The van der Waals surface area contributed by atoms with Gasteiger partial charge in [-0.15, -0.1) is 0 Å². The third-order valence-electron chi connectivity index (χ3n) is 1.96. The first-order valence-corrected chi connectivity index (χ1v) is 6.84. The number of carboxylic acid groups (broad SMARTS) is 1. The number of thioether (sulfide) groups is 1. The highest BCUT2D eigenvalue weighted by atomic mass is 32.2. The van der Waals surface area contributed by atoms with Crippen LogP contribution < -0.4 is 0 Å². The Morgan fingerprint density at radius 1 is 1.35 bits per heavy atom. The summed E-state index contributed by atoms with van der Waals surface area (Å²) in [6.45, 7) is 0.497. The van der Waals surface area contributed by atoms with Crippen LogP contribution in [0.2, 0.25) is 0 Å². The van der Waals surface area contributed by atoms with Gasteiger partial charge in [0, 0.05) is 5.75 Å². The van der Waals surface area contributed by atoms with E-state index in [9.17, 15) is 9.59 Å². The van der Waals surface area contributed by atoms with Crippen molar-refractivity contribution in [3.05, 3.63) is 0 Å². The monoisotopic (exact) mass is 264 g/mol. The van der Waals surface area contributed by atoms with E-state index in [4.69, 9.17) is 9.84 Å². The number of hydrogen-bond donors (Lipinski definition) is 1. The average Bonchev–Trinajstić information content (AvgIpc) is 2.10. The second-order valence-electron chi connectivity index (χ2n) is 4.93. The Bertz CT molecular complexity index is 263. The normalized spacial score (nSPS) is 13.2. The fraction of sp³-hybridized carbons (Fsp3) is 0.818. The first kappa shape index (κ1) is 16.2. The maximum Gasteiger partial charge on any atom is 0.307 e. The van der Waals surface area contributed by atoms with Gasteiger partial charge in [0.1, 0.15) is 6.54 Å². The van der Waals surface area contributed by atoms with Gasteiger partial charge in [0.15, 0.2) is 6.10 Å². The van der Waals surface area contributed by atoms with Crippen LogP contribution in [0.3, 0.4) is 0 Å². The fourth-order valence-corrected chi connectivity index (χ4v) is 1.75. The Morgan fingerprint density at radius 3 is 2.35 bits per heavy atom. The Balaban J connectivity index is 4.28. The molecule has 0 saturated carbocycles. The minimum Gasteiger partial charge on any atom is -0.481 e. The third kappa shape index (κ3) is 10.1. The predicted molar refractivity (Wildman–Crippen MR) is 68.0 cm³/mol. The zero-order valence-corrected chi connectivity index (χ0v) is 11.7. The van der Waals surface area contributed by atoms with Crippen molar-refractivity contribution in [2.24, 2.45) is 0 Å². The quantitative estimate of drug-likeness (QED) is 0.520. The van der Waals surface area contributed by atoms with Gasteiger partial charge in [-0.3, -0.25) is 9.59 Å². The molecule has 17 heavy (non-hydrogen) atoms. The maximum atomic E-state index is 11.4. The van der Waals surface area contributed by atoms with E-state index < -0.39 is 12.1 Å². The van der Waals surface area contributed by atoms with Crippen LogP contribution in [-0.2, 0) is 14.3 Å². The van der Waals surface area contributed by atoms with Crippen molar-refractivity contribution in [1.29, 1.82) is 0 Å². The molecular formula is C11H22NO4S+. The molecule has 0 aromatic rings. The molecule has 0 amide bonds. The minimum atomic E-state index is -0.943. The van der Waals surface area contributed by atoms with E-state index >= 15 is 0 Å². The molecular weight excluding hydrogens is 242 g/mol. The third-order valence-corrected chi connectivity index (χ3v) is 2.57. The van der Waals surface area contributed by atoms with Crippen molar-refractivity contribution in [3.8, 4) is 0 Å². The van der Waals surface area contributed by atoms with Gasteiger partial charge in [-0.1, -0.05) is 0 Å². The van der Waals surface area contributed by atoms with Gasteiger partial charge in [-0.2, -0.15) is 11.8 Å². The minimum absolute atomic E-state index is 0.138. The molecule has 100 valence electrons. The van der Waals surface area contributed by atoms with Crippen molar-refractivity contribution in [1.82, 2.24) is 0 Å². The molecule has 0 aliphatic heterocycles. The second kappa shape index (κ2) is 7.55. The summed E-state index contributed by atoms with van der Waals surface area (Å²) in [4.78, 5) is 22.1. The van der Waals surface area contributed by atoms with E-state index in [-0.39, 0.29) is 12.4 Å². The smallest absolute Gasteiger partial charge is 0.307 e. The molecule has 1 N–H and O–H groups in total. The number of quaternary nitrogens is 1. The van der Waals surface area contributed by atoms with E-state index in [2.05, 4.69) is 0 Å². The number of carbonyl (C=O) groups excluding carboxylic acids is 1. The standard InChI is InChI=1S/C11H21NO4S/c1-12(2,3)8-9(7-10(13)14)16-11(15)5-6-17-4/h9H,5-8H2,1-4H3/p+1/t9-/m1/s1. The van der Waals surface area contributed by atoms with Crippen molar-refractivity contribution in [2.45, 2.75) is 18.9 Å². The first-order chi connectivity index (χ1) is 7.74. The molecule has 0 spiro atoms. The zero-order valence-electron chi connectivity index (χ0n) is 10.9. The topological polar surface area (TPSA) is 63.6 Å². The molecule has 0 aromatic carbocycles. The number of nitrogens with zero attached hydrogens (tertiary/aromatic N) is 1. The summed E-state index contributed by atoms with van der Waals surface area (Å²) in [5.41, 5.74) is 0. The van der Waals surface area contributed by atoms with Gasteiger partial charge in [0.05, 0.1) is 34.0 Å². The number of likely N-dealkylation sites (N-methyl/N-ethyl adjacent to an activating group) is 1. The van der Waals surface area contributed by atoms with Gasteiger partial charge < -0.3 is 14.3 Å². The lowest BCUT2D eigenvalue weighted by Crippen LogP contribution is -2.43. The molecule has 0 fully saturated rings. The highest BCUT2D eigenvalue weighted by Gasteiger charge is 2.24. The molecule has 5 nitrogen and oxygen atoms in total. The molecule has 0 bridgehead atoms. The van der Waals surface area contributed by atoms with E-state index in [1.165, 1.54) is 0 Å². The van der Waals surface area contributed by atoms with E-state index in [1.807, 2.05) is 27.4 Å². The molecule has 0 aliphatic carbocycles. The number of ether oxygens (including phenoxy) is 1. The van der Waals surface area contributed by atoms with Gasteiger partial charge in [0.2, 0.25) is 0 Å². The lowest BCUT2D eigenvalue weighted by atomic mass is 10.2. The van der Waals surface area contributed by atoms with Crippen molar-refractivity contribution < 1.29 is 23.9 Å². The molecule has 0 unspecified atom stereocenters. The Hall–Kier alpha value is -0.750. The van der Waals surface area contributed by atoms with E-state index in [0.717, 1.165) is 0 Å². The van der Waals surface area contributed by atoms with Crippen molar-refractivity contribution >= 4 is 23.7 Å². The van der Waals surface area contributed by atoms with E-state index in [0.29, 0.717) is 23.2 Å². The highest BCUT2D eigenvalue weighted by molar-refractivity contribution is 7.98. The molecule has 6 heteroatoms. The Labute approximate surface area is 107 Å². The van der Waals surface area contributed by atoms with Crippen LogP contribution in [0.5, 0.6) is 0 Å². The van der Waals surface area contributed by atoms with Crippen LogP contribution in [0.25, 0.3) is 0 Å². The molecule has 0 heterocycles. The molecule has 0 rings (SSSR count). The molecule has 1 atom stereocenters. The Morgan fingerprint density at radius 2 is 1.94 bits per heavy atom. The Kier molecular flexibility index (Phi) is 7.22. The molecule has 0 radical (unpaired) electrons. The summed E-state index contributed by atoms with van der Waals surface area (Å²) in [6.07, 6.45) is 1.55. The lowest BCUT2D eigenvalue weighted by Gasteiger charge is -2.28. The van der Waals surface area contributed by atoms with Gasteiger partial charge in [-0.05, 0) is 6.26 Å². The second-order valence-corrected chi connectivity index (χ2v) is 5.91. The van der Waals surface area contributed by atoms with Crippen LogP contribution in [0.15, 0.2) is 0 Å².